The normalized spacial score (nSPS) is 12.4. The van der Waals surface area contributed by atoms with Gasteiger partial charge >= 0.3 is 0 Å². The van der Waals surface area contributed by atoms with Gasteiger partial charge in [-0.3, -0.25) is 0 Å². The highest BCUT2D eigenvalue weighted by Crippen LogP contribution is 2.24. The SMILES string of the molecule is CC(Nc1ncc(Cl)cc1F)c1cccs1. The third kappa shape index (κ3) is 2.51. The summed E-state index contributed by atoms with van der Waals surface area (Å²) in [6.07, 6.45) is 1.42. The third-order valence-corrected chi connectivity index (χ3v) is 3.39. The summed E-state index contributed by atoms with van der Waals surface area (Å²) in [5.41, 5.74) is 0. The van der Waals surface area contributed by atoms with Crippen molar-refractivity contribution in [1.82, 2.24) is 4.98 Å². The van der Waals surface area contributed by atoms with Crippen LogP contribution in [0.1, 0.15) is 17.8 Å². The number of nitrogens with one attached hydrogen (secondary N) is 1. The standard InChI is InChI=1S/C11H10ClFN2S/c1-7(10-3-2-4-16-10)15-11-9(13)5-8(12)6-14-11/h2-7H,1H3,(H,14,15). The zero-order chi connectivity index (χ0) is 11.5. The molecule has 2 nitrogen and oxygen atoms in total. The van der Waals surface area contributed by atoms with Crippen molar-refractivity contribution >= 4 is 28.8 Å². The Labute approximate surface area is 102 Å². The first kappa shape index (κ1) is 11.4. The number of hydrogen-bond donors (Lipinski definition) is 1. The molecule has 16 heavy (non-hydrogen) atoms. The lowest BCUT2D eigenvalue weighted by Gasteiger charge is -2.13. The molecule has 84 valence electrons. The van der Waals surface area contributed by atoms with Crippen LogP contribution in [0.25, 0.3) is 0 Å². The van der Waals surface area contributed by atoms with E-state index in [1.807, 2.05) is 24.4 Å². The van der Waals surface area contributed by atoms with Crippen LogP contribution in [-0.2, 0) is 0 Å². The first-order chi connectivity index (χ1) is 7.66. The molecule has 0 aromatic carbocycles. The van der Waals surface area contributed by atoms with Crippen LogP contribution in [0.2, 0.25) is 5.02 Å². The molecule has 5 heteroatoms. The molecule has 0 amide bonds. The number of thiophene rings is 1. The lowest BCUT2D eigenvalue weighted by molar-refractivity contribution is 0.621. The largest absolute Gasteiger partial charge is 0.360 e. The van der Waals surface area contributed by atoms with E-state index >= 15 is 0 Å². The zero-order valence-electron chi connectivity index (χ0n) is 8.58. The first-order valence-corrected chi connectivity index (χ1v) is 6.03. The van der Waals surface area contributed by atoms with Crippen molar-refractivity contribution in [3.63, 3.8) is 0 Å². The molecule has 0 aliphatic rings. The number of rotatable bonds is 3. The average molecular weight is 257 g/mol. The number of anilines is 1. The Morgan fingerprint density at radius 2 is 2.38 bits per heavy atom. The second kappa shape index (κ2) is 4.80. The molecule has 1 unspecified atom stereocenters. The molecule has 1 N–H and O–H groups in total. The van der Waals surface area contributed by atoms with Gasteiger partial charge in [-0.2, -0.15) is 0 Å². The lowest BCUT2D eigenvalue weighted by Crippen LogP contribution is -2.07. The monoisotopic (exact) mass is 256 g/mol. The Morgan fingerprint density at radius 1 is 1.56 bits per heavy atom. The van der Waals surface area contributed by atoms with Gasteiger partial charge < -0.3 is 5.32 Å². The van der Waals surface area contributed by atoms with Gasteiger partial charge in [0.25, 0.3) is 0 Å². The van der Waals surface area contributed by atoms with E-state index < -0.39 is 5.82 Å². The fourth-order valence-corrected chi connectivity index (χ4v) is 2.21. The minimum absolute atomic E-state index is 0.0307. The Morgan fingerprint density at radius 3 is 3.00 bits per heavy atom. The van der Waals surface area contributed by atoms with E-state index in [0.29, 0.717) is 5.02 Å². The number of nitrogens with zero attached hydrogens (tertiary/aromatic N) is 1. The molecule has 0 radical (unpaired) electrons. The van der Waals surface area contributed by atoms with Crippen LogP contribution in [0.15, 0.2) is 29.8 Å². The zero-order valence-corrected chi connectivity index (χ0v) is 10.1. The molecular formula is C11H10ClFN2S. The van der Waals surface area contributed by atoms with Crippen molar-refractivity contribution in [2.24, 2.45) is 0 Å². The van der Waals surface area contributed by atoms with E-state index in [9.17, 15) is 4.39 Å². The number of aromatic nitrogens is 1. The molecule has 0 saturated carbocycles. The van der Waals surface area contributed by atoms with Gasteiger partial charge in [-0.15, -0.1) is 11.3 Å². The highest BCUT2D eigenvalue weighted by molar-refractivity contribution is 7.10. The van der Waals surface area contributed by atoms with E-state index in [-0.39, 0.29) is 11.9 Å². The van der Waals surface area contributed by atoms with E-state index in [2.05, 4.69) is 10.3 Å². The van der Waals surface area contributed by atoms with Gasteiger partial charge in [0.05, 0.1) is 11.1 Å². The molecule has 0 fully saturated rings. The van der Waals surface area contributed by atoms with Gasteiger partial charge in [0.2, 0.25) is 0 Å². The van der Waals surface area contributed by atoms with Gasteiger partial charge in [0, 0.05) is 11.1 Å². The van der Waals surface area contributed by atoms with E-state index in [0.717, 1.165) is 4.88 Å². The van der Waals surface area contributed by atoms with Gasteiger partial charge in [0.1, 0.15) is 0 Å². The second-order valence-electron chi connectivity index (χ2n) is 3.37. The van der Waals surface area contributed by atoms with Crippen LogP contribution in [-0.4, -0.2) is 4.98 Å². The molecule has 0 bridgehead atoms. The molecule has 0 saturated heterocycles. The number of pyridine rings is 1. The fraction of sp³-hybridized carbons (Fsp3) is 0.182. The van der Waals surface area contributed by atoms with Crippen LogP contribution in [0.3, 0.4) is 0 Å². The van der Waals surface area contributed by atoms with Gasteiger partial charge in [-0.05, 0) is 24.4 Å². The second-order valence-corrected chi connectivity index (χ2v) is 4.78. The van der Waals surface area contributed by atoms with E-state index in [1.165, 1.54) is 12.3 Å². The summed E-state index contributed by atoms with van der Waals surface area (Å²) in [5.74, 6) is -0.207. The third-order valence-electron chi connectivity index (χ3n) is 2.13. The summed E-state index contributed by atoms with van der Waals surface area (Å²) in [4.78, 5) is 5.05. The Balaban J connectivity index is 2.15. The van der Waals surface area contributed by atoms with Crippen LogP contribution >= 0.6 is 22.9 Å². The van der Waals surface area contributed by atoms with Gasteiger partial charge in [-0.1, -0.05) is 17.7 Å². The molecule has 0 aliphatic carbocycles. The molecular weight excluding hydrogens is 247 g/mol. The molecule has 2 aromatic rings. The smallest absolute Gasteiger partial charge is 0.166 e. The number of halogens is 2. The van der Waals surface area contributed by atoms with Crippen molar-refractivity contribution in [3.8, 4) is 0 Å². The van der Waals surface area contributed by atoms with Crippen LogP contribution < -0.4 is 5.32 Å². The fourth-order valence-electron chi connectivity index (χ4n) is 1.33. The Bertz CT molecular complexity index is 473. The molecule has 1 atom stereocenters. The quantitative estimate of drug-likeness (QED) is 0.894. The van der Waals surface area contributed by atoms with Crippen LogP contribution in [0, 0.1) is 5.82 Å². The maximum Gasteiger partial charge on any atom is 0.166 e. The van der Waals surface area contributed by atoms with Gasteiger partial charge in [0.15, 0.2) is 11.6 Å². The summed E-state index contributed by atoms with van der Waals surface area (Å²) >= 11 is 7.25. The minimum atomic E-state index is -0.434. The minimum Gasteiger partial charge on any atom is -0.360 e. The summed E-state index contributed by atoms with van der Waals surface area (Å²) in [7, 11) is 0. The van der Waals surface area contributed by atoms with E-state index in [1.54, 1.807) is 11.3 Å². The van der Waals surface area contributed by atoms with E-state index in [4.69, 9.17) is 11.6 Å². The van der Waals surface area contributed by atoms with Crippen molar-refractivity contribution in [2.75, 3.05) is 5.32 Å². The van der Waals surface area contributed by atoms with Crippen molar-refractivity contribution < 1.29 is 4.39 Å². The maximum atomic E-state index is 13.4. The maximum absolute atomic E-state index is 13.4. The van der Waals surface area contributed by atoms with Crippen molar-refractivity contribution in [3.05, 3.63) is 45.5 Å². The summed E-state index contributed by atoms with van der Waals surface area (Å²) in [6.45, 7) is 1.96. The molecule has 0 spiro atoms. The molecule has 2 heterocycles. The summed E-state index contributed by atoms with van der Waals surface area (Å²) < 4.78 is 13.4. The highest BCUT2D eigenvalue weighted by atomic mass is 35.5. The van der Waals surface area contributed by atoms with Gasteiger partial charge in [-0.25, -0.2) is 9.37 Å². The average Bonchev–Trinajstić information content (AvgIpc) is 2.75. The van der Waals surface area contributed by atoms with Crippen molar-refractivity contribution in [1.29, 1.82) is 0 Å². The number of hydrogen-bond acceptors (Lipinski definition) is 3. The summed E-state index contributed by atoms with van der Waals surface area (Å²) in [6, 6.07) is 5.24. The summed E-state index contributed by atoms with van der Waals surface area (Å²) in [5, 5.41) is 5.29. The highest BCUT2D eigenvalue weighted by Gasteiger charge is 2.10. The predicted molar refractivity (Wildman–Crippen MR) is 65.6 cm³/mol. The first-order valence-electron chi connectivity index (χ1n) is 4.78. The van der Waals surface area contributed by atoms with Crippen LogP contribution in [0.5, 0.6) is 0 Å². The Hall–Kier alpha value is -1.13. The van der Waals surface area contributed by atoms with Crippen LogP contribution in [0.4, 0.5) is 10.2 Å². The molecule has 2 aromatic heterocycles. The predicted octanol–water partition coefficient (Wildman–Crippen LogP) is 4.11. The topological polar surface area (TPSA) is 24.9 Å². The Kier molecular flexibility index (Phi) is 3.41. The molecule has 2 rings (SSSR count). The molecule has 0 aliphatic heterocycles. The van der Waals surface area contributed by atoms with Crippen molar-refractivity contribution in [2.45, 2.75) is 13.0 Å². The lowest BCUT2D eigenvalue weighted by atomic mass is 10.2.